The number of halogens is 2. The second-order valence-corrected chi connectivity index (χ2v) is 4.47. The van der Waals surface area contributed by atoms with Crippen molar-refractivity contribution in [3.63, 3.8) is 0 Å². The lowest BCUT2D eigenvalue weighted by Gasteiger charge is -2.13. The number of alkyl halides is 2. The van der Waals surface area contributed by atoms with Crippen LogP contribution in [0.2, 0.25) is 0 Å². The molecular weight excluding hydrogens is 309 g/mol. The zero-order chi connectivity index (χ0) is 14.5. The molecule has 2 rings (SSSR count). The minimum absolute atomic E-state index is 0.0986. The Morgan fingerprint density at radius 2 is 1.80 bits per heavy atom. The molecule has 2 aromatic rings. The van der Waals surface area contributed by atoms with Gasteiger partial charge in [0, 0.05) is 11.8 Å². The number of nitrogens with zero attached hydrogens (tertiary/aromatic N) is 4. The summed E-state index contributed by atoms with van der Waals surface area (Å²) >= 11 is 11.2. The largest absolute Gasteiger partial charge is 0.327 e. The molecule has 0 fully saturated rings. The van der Waals surface area contributed by atoms with Crippen molar-refractivity contribution in [2.24, 2.45) is 10.3 Å². The van der Waals surface area contributed by atoms with Crippen LogP contribution in [0.15, 0.2) is 19.9 Å². The van der Waals surface area contributed by atoms with Crippen LogP contribution in [0.25, 0.3) is 11.2 Å². The van der Waals surface area contributed by atoms with Crippen molar-refractivity contribution >= 4 is 40.3 Å². The molecule has 20 heavy (non-hydrogen) atoms. The van der Waals surface area contributed by atoms with E-state index in [2.05, 4.69) is 30.3 Å². The Balaban J connectivity index is 2.27. The lowest BCUT2D eigenvalue weighted by atomic mass is 10.5. The van der Waals surface area contributed by atoms with Gasteiger partial charge in [-0.25, -0.2) is 4.79 Å². The summed E-state index contributed by atoms with van der Waals surface area (Å²) in [6, 6.07) is 0. The van der Waals surface area contributed by atoms with Crippen molar-refractivity contribution in [3.8, 4) is 0 Å². The van der Waals surface area contributed by atoms with E-state index in [1.807, 2.05) is 0 Å². The summed E-state index contributed by atoms with van der Waals surface area (Å²) in [5.74, 6) is 0.855. The number of H-pyrrole nitrogens is 3. The first kappa shape index (κ1) is 14.5. The summed E-state index contributed by atoms with van der Waals surface area (Å²) in [6.07, 6.45) is 0. The van der Waals surface area contributed by atoms with Crippen LogP contribution >= 0.6 is 23.2 Å². The van der Waals surface area contributed by atoms with E-state index in [-0.39, 0.29) is 17.1 Å². The molecule has 0 atom stereocenters. The van der Waals surface area contributed by atoms with E-state index in [1.54, 1.807) is 5.01 Å². The van der Waals surface area contributed by atoms with Gasteiger partial charge in [-0.2, -0.15) is 4.98 Å². The molecule has 2 aromatic heterocycles. The molecule has 9 nitrogen and oxygen atoms in total. The first-order chi connectivity index (χ1) is 9.63. The fourth-order valence-corrected chi connectivity index (χ4v) is 1.86. The average molecular weight is 320 g/mol. The maximum Gasteiger partial charge on any atom is 0.327 e. The van der Waals surface area contributed by atoms with Gasteiger partial charge in [-0.3, -0.25) is 19.8 Å². The van der Waals surface area contributed by atoms with Gasteiger partial charge in [-0.1, -0.05) is 10.3 Å². The summed E-state index contributed by atoms with van der Waals surface area (Å²) < 4.78 is 0. The number of aromatic amines is 3. The summed E-state index contributed by atoms with van der Waals surface area (Å²) in [5.41, 5.74) is -0.965. The first-order valence-electron chi connectivity index (χ1n) is 5.65. The van der Waals surface area contributed by atoms with Crippen molar-refractivity contribution in [1.29, 1.82) is 0 Å². The van der Waals surface area contributed by atoms with Gasteiger partial charge in [0.25, 0.3) is 11.5 Å². The predicted octanol–water partition coefficient (Wildman–Crippen LogP) is 0.718. The normalized spacial score (nSPS) is 11.5. The minimum atomic E-state index is -0.636. The Morgan fingerprint density at radius 3 is 2.45 bits per heavy atom. The van der Waals surface area contributed by atoms with E-state index in [0.717, 1.165) is 0 Å². The van der Waals surface area contributed by atoms with Crippen LogP contribution in [0.5, 0.6) is 0 Å². The highest BCUT2D eigenvalue weighted by Gasteiger charge is 2.07. The average Bonchev–Trinajstić information content (AvgIpc) is 2.79. The summed E-state index contributed by atoms with van der Waals surface area (Å²) in [5, 5.41) is 9.33. The molecule has 0 saturated carbocycles. The predicted molar refractivity (Wildman–Crippen MR) is 74.9 cm³/mol. The highest BCUT2D eigenvalue weighted by molar-refractivity contribution is 6.18. The number of imidazole rings is 1. The van der Waals surface area contributed by atoms with E-state index in [9.17, 15) is 9.59 Å². The zero-order valence-corrected chi connectivity index (χ0v) is 11.7. The van der Waals surface area contributed by atoms with Crippen LogP contribution in [0.1, 0.15) is 0 Å². The van der Waals surface area contributed by atoms with Gasteiger partial charge in [0.05, 0.1) is 13.1 Å². The zero-order valence-electron chi connectivity index (χ0n) is 10.2. The number of hydrogen-bond acceptors (Lipinski definition) is 5. The molecule has 0 unspecified atom stereocenters. The monoisotopic (exact) mass is 319 g/mol. The van der Waals surface area contributed by atoms with Gasteiger partial charge in [0.15, 0.2) is 11.2 Å². The number of fused-ring (bicyclic) bond motifs is 1. The van der Waals surface area contributed by atoms with E-state index in [1.165, 1.54) is 0 Å². The maximum absolute atomic E-state index is 11.5. The molecule has 0 aliphatic rings. The summed E-state index contributed by atoms with van der Waals surface area (Å²) in [6.45, 7) is 0.963. The first-order valence-corrected chi connectivity index (χ1v) is 6.72. The van der Waals surface area contributed by atoms with Crippen molar-refractivity contribution in [2.75, 3.05) is 24.8 Å². The SMILES string of the molecule is O=c1[nH]c(=O)c2[nH]c(N=NN(CCCl)CCCl)nc2[nH]1. The van der Waals surface area contributed by atoms with Gasteiger partial charge in [0.1, 0.15) is 0 Å². The highest BCUT2D eigenvalue weighted by atomic mass is 35.5. The second kappa shape index (κ2) is 6.53. The smallest absolute Gasteiger partial charge is 0.315 e. The van der Waals surface area contributed by atoms with Gasteiger partial charge < -0.3 is 4.98 Å². The Bertz CT molecular complexity index is 713. The van der Waals surface area contributed by atoms with Crippen LogP contribution in [0, 0.1) is 0 Å². The fraction of sp³-hybridized carbons (Fsp3) is 0.444. The van der Waals surface area contributed by atoms with Crippen LogP contribution in [-0.4, -0.2) is 49.8 Å². The molecular formula is C9H11Cl2N7O2. The number of hydrogen-bond donors (Lipinski definition) is 3. The minimum Gasteiger partial charge on any atom is -0.315 e. The van der Waals surface area contributed by atoms with E-state index in [0.29, 0.717) is 24.8 Å². The fourth-order valence-electron chi connectivity index (χ4n) is 1.47. The molecule has 108 valence electrons. The van der Waals surface area contributed by atoms with Crippen LogP contribution in [0.4, 0.5) is 5.95 Å². The Labute approximate surface area is 122 Å². The Morgan fingerprint density at radius 1 is 1.10 bits per heavy atom. The van der Waals surface area contributed by atoms with Crippen LogP contribution in [0.3, 0.4) is 0 Å². The van der Waals surface area contributed by atoms with Crippen LogP contribution in [-0.2, 0) is 0 Å². The number of aromatic nitrogens is 4. The number of nitrogens with one attached hydrogen (secondary N) is 3. The van der Waals surface area contributed by atoms with Crippen molar-refractivity contribution in [3.05, 3.63) is 20.8 Å². The van der Waals surface area contributed by atoms with Crippen molar-refractivity contribution < 1.29 is 0 Å². The standard InChI is InChI=1S/C9H11Cl2N7O2/c10-1-3-18(4-2-11)17-16-8-12-5-6(13-8)14-9(20)15-7(5)19/h1-4H2,(H3,12,13,14,15,19,20). The Hall–Kier alpha value is -1.87. The molecule has 2 heterocycles. The highest BCUT2D eigenvalue weighted by Crippen LogP contribution is 2.10. The molecule has 0 aromatic carbocycles. The summed E-state index contributed by atoms with van der Waals surface area (Å²) in [4.78, 5) is 33.6. The quantitative estimate of drug-likeness (QED) is 0.412. The molecule has 11 heteroatoms. The molecule has 0 bridgehead atoms. The van der Waals surface area contributed by atoms with Crippen molar-refractivity contribution in [1.82, 2.24) is 24.9 Å². The molecule has 0 aliphatic heterocycles. The van der Waals surface area contributed by atoms with Crippen LogP contribution < -0.4 is 11.2 Å². The third-order valence-corrected chi connectivity index (χ3v) is 2.67. The number of rotatable bonds is 6. The topological polar surface area (TPSA) is 122 Å². The Kier molecular flexibility index (Phi) is 4.74. The molecule has 0 amide bonds. The van der Waals surface area contributed by atoms with Gasteiger partial charge in [-0.15, -0.1) is 23.2 Å². The van der Waals surface area contributed by atoms with E-state index in [4.69, 9.17) is 23.2 Å². The van der Waals surface area contributed by atoms with E-state index >= 15 is 0 Å². The second-order valence-electron chi connectivity index (χ2n) is 3.71. The summed E-state index contributed by atoms with van der Waals surface area (Å²) in [7, 11) is 0. The molecule has 0 saturated heterocycles. The lowest BCUT2D eigenvalue weighted by Crippen LogP contribution is -2.21. The third-order valence-electron chi connectivity index (χ3n) is 2.33. The third kappa shape index (κ3) is 3.36. The van der Waals surface area contributed by atoms with Gasteiger partial charge in [-0.05, 0) is 0 Å². The molecule has 0 spiro atoms. The molecule has 3 N–H and O–H groups in total. The molecule has 0 radical (unpaired) electrons. The van der Waals surface area contributed by atoms with Gasteiger partial charge in [0.2, 0.25) is 0 Å². The van der Waals surface area contributed by atoms with Crippen molar-refractivity contribution in [2.45, 2.75) is 0 Å². The maximum atomic E-state index is 11.5. The van der Waals surface area contributed by atoms with Gasteiger partial charge >= 0.3 is 5.69 Å². The lowest BCUT2D eigenvalue weighted by molar-refractivity contribution is 0.303. The van der Waals surface area contributed by atoms with E-state index < -0.39 is 11.2 Å². The molecule has 0 aliphatic carbocycles.